The van der Waals surface area contributed by atoms with E-state index in [1.165, 1.54) is 12.1 Å². The summed E-state index contributed by atoms with van der Waals surface area (Å²) in [6, 6.07) is 13.1. The molecule has 2 fully saturated rings. The van der Waals surface area contributed by atoms with Crippen LogP contribution >= 0.6 is 0 Å². The molecule has 11 nitrogen and oxygen atoms in total. The summed E-state index contributed by atoms with van der Waals surface area (Å²) >= 11 is 0. The molecule has 2 saturated heterocycles. The number of carboxylic acids is 1. The van der Waals surface area contributed by atoms with Gasteiger partial charge < -0.3 is 24.0 Å². The Kier molecular flexibility index (Phi) is 7.69. The maximum atomic E-state index is 14.3. The molecule has 0 bridgehead atoms. The van der Waals surface area contributed by atoms with Gasteiger partial charge >= 0.3 is 5.97 Å². The topological polar surface area (TPSA) is 110 Å². The lowest BCUT2D eigenvalue weighted by Crippen LogP contribution is -2.48. The van der Waals surface area contributed by atoms with Crippen molar-refractivity contribution in [1.29, 1.82) is 0 Å². The van der Waals surface area contributed by atoms with Crippen LogP contribution in [0.25, 0.3) is 16.0 Å². The van der Waals surface area contributed by atoms with Crippen LogP contribution < -0.4 is 9.64 Å². The Morgan fingerprint density at radius 3 is 2.67 bits per heavy atom. The molecule has 0 amide bonds. The number of imidazole rings is 1. The first kappa shape index (κ1) is 27.6. The van der Waals surface area contributed by atoms with E-state index in [4.69, 9.17) is 21.0 Å². The van der Waals surface area contributed by atoms with Crippen molar-refractivity contribution in [2.24, 2.45) is 0 Å². The Morgan fingerprint density at radius 2 is 1.98 bits per heavy atom. The van der Waals surface area contributed by atoms with Gasteiger partial charge in [-0.05, 0) is 37.6 Å². The van der Waals surface area contributed by atoms with Crippen molar-refractivity contribution in [2.45, 2.75) is 38.6 Å². The van der Waals surface area contributed by atoms with E-state index in [-0.39, 0.29) is 30.1 Å². The molecule has 2 atom stereocenters. The number of benzene rings is 1. The summed E-state index contributed by atoms with van der Waals surface area (Å²) in [6.07, 6.45) is 1.01. The number of hydrogen-bond acceptors (Lipinski definition) is 8. The van der Waals surface area contributed by atoms with E-state index in [0.717, 1.165) is 50.8 Å². The summed E-state index contributed by atoms with van der Waals surface area (Å²) in [5, 5.41) is 9.47. The Balaban J connectivity index is 1.13. The molecular weight excluding hydrogens is 541 g/mol. The highest BCUT2D eigenvalue weighted by molar-refractivity contribution is 5.88. The second kappa shape index (κ2) is 11.7. The number of carboxylic acid groups (broad SMARTS) is 1. The van der Waals surface area contributed by atoms with Crippen LogP contribution in [0.15, 0.2) is 48.5 Å². The molecule has 6 rings (SSSR count). The average Bonchev–Trinajstić information content (AvgIpc) is 3.35. The summed E-state index contributed by atoms with van der Waals surface area (Å²) in [5.41, 5.74) is 1.84. The first-order chi connectivity index (χ1) is 20.4. The van der Waals surface area contributed by atoms with Gasteiger partial charge in [0.25, 0.3) is 0 Å². The quantitative estimate of drug-likeness (QED) is 0.291. The number of rotatable bonds is 9. The first-order valence-electron chi connectivity index (χ1n) is 13.9. The zero-order chi connectivity index (χ0) is 29.2. The minimum absolute atomic E-state index is 0.00663. The normalized spacial score (nSPS) is 17.9. The number of ether oxygens (including phenoxy) is 2. The highest BCUT2D eigenvalue weighted by Crippen LogP contribution is 2.28. The third kappa shape index (κ3) is 5.61. The number of aromatic carboxylic acids is 1. The van der Waals surface area contributed by atoms with E-state index in [1.807, 2.05) is 16.7 Å². The summed E-state index contributed by atoms with van der Waals surface area (Å²) in [6.45, 7) is 13.5. The minimum atomic E-state index is -1.07. The number of anilines is 1. The molecule has 1 aromatic carbocycles. The third-order valence-corrected chi connectivity index (χ3v) is 7.83. The van der Waals surface area contributed by atoms with Gasteiger partial charge in [0.15, 0.2) is 17.0 Å². The van der Waals surface area contributed by atoms with Crippen molar-refractivity contribution in [1.82, 2.24) is 24.4 Å². The van der Waals surface area contributed by atoms with Gasteiger partial charge in [-0.2, -0.15) is 4.98 Å². The fourth-order valence-electron chi connectivity index (χ4n) is 5.31. The predicted molar refractivity (Wildman–Crippen MR) is 152 cm³/mol. The molecule has 3 aromatic heterocycles. The highest BCUT2D eigenvalue weighted by atomic mass is 19.1. The first-order valence-corrected chi connectivity index (χ1v) is 13.9. The van der Waals surface area contributed by atoms with Crippen molar-refractivity contribution in [3.05, 3.63) is 82.8 Å². The van der Waals surface area contributed by atoms with E-state index in [2.05, 4.69) is 31.5 Å². The van der Waals surface area contributed by atoms with E-state index in [1.54, 1.807) is 24.3 Å². The number of carbonyl (C=O) groups is 1. The fraction of sp³-hybridized carbons (Fsp3) is 0.367. The standard InChI is InChI=1S/C30H30FN7O4/c1-19(28-33-24-8-9-25(30(39)40)34-29(24)38(28)17-22-10-15-41-22)36-11-13-37(14-12-36)26-4-3-5-27(35-26)42-18-20-6-7-21(32-2)16-23(20)31/h3-9,16,19,22H,10-15,17-18H2,1H3,(H,39,40)/t19-,22+/m1/s1. The van der Waals surface area contributed by atoms with E-state index in [9.17, 15) is 14.3 Å². The minimum Gasteiger partial charge on any atom is -0.477 e. The van der Waals surface area contributed by atoms with Crippen molar-refractivity contribution < 1.29 is 23.8 Å². The fourth-order valence-corrected chi connectivity index (χ4v) is 5.31. The van der Waals surface area contributed by atoms with Gasteiger partial charge in [0.05, 0.1) is 25.3 Å². The van der Waals surface area contributed by atoms with Crippen LogP contribution in [0.1, 0.15) is 41.3 Å². The van der Waals surface area contributed by atoms with E-state index in [0.29, 0.717) is 29.2 Å². The lowest BCUT2D eigenvalue weighted by atomic mass is 10.1. The van der Waals surface area contributed by atoms with Crippen LogP contribution in [0.4, 0.5) is 15.9 Å². The molecule has 1 N–H and O–H groups in total. The second-order valence-electron chi connectivity index (χ2n) is 10.4. The number of piperazine rings is 1. The predicted octanol–water partition coefficient (Wildman–Crippen LogP) is 4.47. The number of halogens is 1. The van der Waals surface area contributed by atoms with Crippen molar-refractivity contribution >= 4 is 28.6 Å². The van der Waals surface area contributed by atoms with Crippen LogP contribution in [0, 0.1) is 12.4 Å². The molecule has 2 aliphatic heterocycles. The summed E-state index contributed by atoms with van der Waals surface area (Å²) < 4.78 is 27.7. The van der Waals surface area contributed by atoms with E-state index >= 15 is 0 Å². The molecule has 0 aliphatic carbocycles. The Bertz CT molecular complexity index is 1660. The van der Waals surface area contributed by atoms with Crippen molar-refractivity contribution in [2.75, 3.05) is 37.7 Å². The average molecular weight is 572 g/mol. The highest BCUT2D eigenvalue weighted by Gasteiger charge is 2.29. The number of fused-ring (bicyclic) bond motifs is 1. The van der Waals surface area contributed by atoms with Gasteiger partial charge in [-0.25, -0.2) is 24.0 Å². The smallest absolute Gasteiger partial charge is 0.354 e. The molecule has 0 saturated carbocycles. The zero-order valence-electron chi connectivity index (χ0n) is 23.1. The molecule has 2 aliphatic rings. The van der Waals surface area contributed by atoms with Crippen LogP contribution in [-0.4, -0.2) is 74.4 Å². The summed E-state index contributed by atoms with van der Waals surface area (Å²) in [4.78, 5) is 33.3. The molecule has 42 heavy (non-hydrogen) atoms. The number of pyridine rings is 2. The zero-order valence-corrected chi connectivity index (χ0v) is 23.1. The lowest BCUT2D eigenvalue weighted by Gasteiger charge is -2.38. The van der Waals surface area contributed by atoms with Crippen molar-refractivity contribution in [3.63, 3.8) is 0 Å². The molecule has 0 radical (unpaired) electrons. The summed E-state index contributed by atoms with van der Waals surface area (Å²) in [7, 11) is 0. The largest absolute Gasteiger partial charge is 0.477 e. The van der Waals surface area contributed by atoms with Gasteiger partial charge in [0.2, 0.25) is 5.88 Å². The lowest BCUT2D eigenvalue weighted by molar-refractivity contribution is -0.0594. The summed E-state index contributed by atoms with van der Waals surface area (Å²) in [5.74, 6) is 0.479. The molecule has 0 spiro atoms. The number of nitrogens with zero attached hydrogens (tertiary/aromatic N) is 7. The number of aromatic nitrogens is 4. The molecule has 4 aromatic rings. The molecule has 5 heterocycles. The van der Waals surface area contributed by atoms with Gasteiger partial charge in [-0.1, -0.05) is 18.2 Å². The van der Waals surface area contributed by atoms with Crippen LogP contribution in [-0.2, 0) is 17.9 Å². The Morgan fingerprint density at radius 1 is 1.17 bits per heavy atom. The maximum Gasteiger partial charge on any atom is 0.354 e. The van der Waals surface area contributed by atoms with Gasteiger partial charge in [-0.15, -0.1) is 0 Å². The van der Waals surface area contributed by atoms with Gasteiger partial charge in [0, 0.05) is 44.4 Å². The van der Waals surface area contributed by atoms with Crippen LogP contribution in [0.3, 0.4) is 0 Å². The molecule has 0 unspecified atom stereocenters. The Hall–Kier alpha value is -4.60. The monoisotopic (exact) mass is 571 g/mol. The SMILES string of the molecule is [C-]#[N+]c1ccc(COc2cccc(N3CCN([C@H](C)c4nc5ccc(C(=O)O)nc5n4C[C@@H]4CCO4)CC3)n2)c(F)c1. The molecule has 216 valence electrons. The maximum absolute atomic E-state index is 14.3. The van der Waals surface area contributed by atoms with Gasteiger partial charge in [-0.3, -0.25) is 4.90 Å². The van der Waals surface area contributed by atoms with E-state index < -0.39 is 11.8 Å². The molecular formula is C30H30FN7O4. The number of hydrogen-bond donors (Lipinski definition) is 1. The third-order valence-electron chi connectivity index (χ3n) is 7.83. The van der Waals surface area contributed by atoms with Crippen LogP contribution in [0.2, 0.25) is 0 Å². The van der Waals surface area contributed by atoms with Gasteiger partial charge in [0.1, 0.15) is 29.6 Å². The van der Waals surface area contributed by atoms with Crippen LogP contribution in [0.5, 0.6) is 5.88 Å². The Labute approximate surface area is 242 Å². The van der Waals surface area contributed by atoms with Crippen molar-refractivity contribution in [3.8, 4) is 5.88 Å². The second-order valence-corrected chi connectivity index (χ2v) is 10.4. The molecule has 12 heteroatoms.